The van der Waals surface area contributed by atoms with E-state index in [-0.39, 0.29) is 13.0 Å². The van der Waals surface area contributed by atoms with Gasteiger partial charge in [0.25, 0.3) is 5.92 Å². The van der Waals surface area contributed by atoms with Crippen LogP contribution in [0.25, 0.3) is 16.9 Å². The number of carbonyl (C=O) groups excluding carboxylic acids is 1. The molecule has 1 aliphatic carbocycles. The van der Waals surface area contributed by atoms with E-state index in [0.29, 0.717) is 29.2 Å². The van der Waals surface area contributed by atoms with E-state index < -0.39 is 30.0 Å². The Morgan fingerprint density at radius 3 is 2.36 bits per heavy atom. The second-order valence-corrected chi connectivity index (χ2v) is 10.1. The fraction of sp³-hybridized carbons (Fsp3) is 0.310. The summed E-state index contributed by atoms with van der Waals surface area (Å²) in [5, 5.41) is 21.9. The van der Waals surface area contributed by atoms with E-state index >= 15 is 0 Å². The van der Waals surface area contributed by atoms with Crippen molar-refractivity contribution in [2.24, 2.45) is 7.05 Å². The molecule has 0 spiro atoms. The van der Waals surface area contributed by atoms with Gasteiger partial charge >= 0.3 is 18.2 Å². The Kier molecular flexibility index (Phi) is 9.37. The Balaban J connectivity index is 0.000000566. The van der Waals surface area contributed by atoms with Gasteiger partial charge in [-0.15, -0.1) is 0 Å². The Bertz CT molecular complexity index is 1630. The van der Waals surface area contributed by atoms with Crippen molar-refractivity contribution in [3.8, 4) is 16.9 Å². The molecule has 2 heterocycles. The van der Waals surface area contributed by atoms with E-state index in [1.54, 1.807) is 34.8 Å². The predicted octanol–water partition coefficient (Wildman–Crippen LogP) is 5.81. The molecular weight excluding hydrogens is 591 g/mol. The third-order valence-electron chi connectivity index (χ3n) is 6.73. The fourth-order valence-corrected chi connectivity index (χ4v) is 4.50. The van der Waals surface area contributed by atoms with E-state index in [9.17, 15) is 26.7 Å². The second-order valence-electron chi connectivity index (χ2n) is 10.1. The Morgan fingerprint density at radius 2 is 1.82 bits per heavy atom. The van der Waals surface area contributed by atoms with Crippen molar-refractivity contribution >= 4 is 17.8 Å². The highest BCUT2D eigenvalue weighted by Crippen LogP contribution is 2.56. The molecule has 5 rings (SSSR count). The molecule has 0 radical (unpaired) electrons. The second kappa shape index (κ2) is 12.8. The number of rotatable bonds is 8. The predicted molar refractivity (Wildman–Crippen MR) is 150 cm³/mol. The number of aliphatic carboxylic acids is 1. The van der Waals surface area contributed by atoms with Crippen LogP contribution in [0.15, 0.2) is 60.9 Å². The number of carbonyl (C=O) groups is 2. The zero-order valence-corrected chi connectivity index (χ0v) is 23.8. The molecule has 1 fully saturated rings. The van der Waals surface area contributed by atoms with Crippen molar-refractivity contribution in [2.75, 3.05) is 12.4 Å². The van der Waals surface area contributed by atoms with Crippen LogP contribution in [0.1, 0.15) is 34.6 Å². The summed E-state index contributed by atoms with van der Waals surface area (Å²) in [4.78, 5) is 21.9. The van der Waals surface area contributed by atoms with Gasteiger partial charge in [-0.3, -0.25) is 10.00 Å². The largest absolute Gasteiger partial charge is 0.490 e. The van der Waals surface area contributed by atoms with Gasteiger partial charge in [-0.1, -0.05) is 36.4 Å². The van der Waals surface area contributed by atoms with Crippen LogP contribution in [0.3, 0.4) is 0 Å². The molecule has 15 heteroatoms. The van der Waals surface area contributed by atoms with Crippen molar-refractivity contribution in [1.82, 2.24) is 24.9 Å². The molecule has 2 amide bonds. The molecule has 1 aliphatic rings. The van der Waals surface area contributed by atoms with Crippen molar-refractivity contribution in [3.05, 3.63) is 83.2 Å². The molecule has 3 N–H and O–H groups in total. The summed E-state index contributed by atoms with van der Waals surface area (Å²) in [6.45, 7) is 2.33. The molecule has 10 nitrogen and oxygen atoms in total. The SMILES string of the molecule is COCc1ccc(C2CC2(F)F)c(CNC(=O)Nc2c(C)c(-c3cnn(C)c3)nn2-c2ccccc2)c1.O=C(O)C(F)(F)F. The van der Waals surface area contributed by atoms with Crippen LogP contribution in [-0.2, 0) is 29.7 Å². The number of urea groups is 1. The van der Waals surface area contributed by atoms with Crippen LogP contribution in [0, 0.1) is 6.92 Å². The van der Waals surface area contributed by atoms with E-state index in [1.807, 2.05) is 56.6 Å². The van der Waals surface area contributed by atoms with E-state index in [4.69, 9.17) is 19.7 Å². The number of carboxylic acid groups (broad SMARTS) is 1. The molecule has 2 aromatic heterocycles. The third-order valence-corrected chi connectivity index (χ3v) is 6.73. The molecule has 4 aromatic rings. The molecule has 234 valence electrons. The quantitative estimate of drug-likeness (QED) is 0.214. The standard InChI is InChI=1S/C27H28F2N6O2.C2HF3O2/c1-17-24(20-14-31-34(2)15-20)33-35(21-7-5-4-6-8-21)25(17)32-26(36)30-13-19-11-18(16-37-3)9-10-22(19)23-12-27(23,28)29;3-2(4,5)1(6)7/h4-11,14-15,23H,12-13,16H2,1-3H3,(H2,30,32,36);(H,6,7). The van der Waals surface area contributed by atoms with E-state index in [1.165, 1.54) is 0 Å². The Hall–Kier alpha value is -4.79. The number of hydrogen-bond acceptors (Lipinski definition) is 5. The number of para-hydroxylation sites is 1. The smallest absolute Gasteiger partial charge is 0.475 e. The number of methoxy groups -OCH3 is 1. The van der Waals surface area contributed by atoms with Crippen LogP contribution in [0.2, 0.25) is 0 Å². The lowest BCUT2D eigenvalue weighted by Crippen LogP contribution is -2.30. The topological polar surface area (TPSA) is 123 Å². The maximum absolute atomic E-state index is 13.9. The Labute approximate surface area is 248 Å². The minimum atomic E-state index is -5.08. The first-order valence-electron chi connectivity index (χ1n) is 13.2. The number of alkyl halides is 5. The molecular formula is C29H29F5N6O4. The number of nitrogens with zero attached hydrogens (tertiary/aromatic N) is 4. The minimum Gasteiger partial charge on any atom is -0.475 e. The number of ether oxygens (including phenoxy) is 1. The van der Waals surface area contributed by atoms with Gasteiger partial charge in [0.2, 0.25) is 0 Å². The summed E-state index contributed by atoms with van der Waals surface area (Å²) in [7, 11) is 3.40. The number of halogens is 5. The first-order valence-corrected chi connectivity index (χ1v) is 13.2. The molecule has 0 saturated heterocycles. The maximum atomic E-state index is 13.9. The maximum Gasteiger partial charge on any atom is 0.490 e. The Morgan fingerprint density at radius 1 is 1.16 bits per heavy atom. The van der Waals surface area contributed by atoms with Crippen LogP contribution >= 0.6 is 0 Å². The highest BCUT2D eigenvalue weighted by Gasteiger charge is 2.58. The van der Waals surface area contributed by atoms with Gasteiger partial charge in [-0.05, 0) is 35.7 Å². The van der Waals surface area contributed by atoms with Crippen molar-refractivity contribution in [1.29, 1.82) is 0 Å². The summed E-state index contributed by atoms with van der Waals surface area (Å²) in [6, 6.07) is 14.3. The van der Waals surface area contributed by atoms with Crippen molar-refractivity contribution in [2.45, 2.75) is 44.5 Å². The molecule has 0 aliphatic heterocycles. The van der Waals surface area contributed by atoms with Gasteiger partial charge in [0.15, 0.2) is 0 Å². The summed E-state index contributed by atoms with van der Waals surface area (Å²) in [6.07, 6.45) is -1.68. The molecule has 44 heavy (non-hydrogen) atoms. The summed E-state index contributed by atoms with van der Waals surface area (Å²) >= 11 is 0. The molecule has 2 aromatic carbocycles. The first kappa shape index (κ1) is 32.1. The number of anilines is 1. The van der Waals surface area contributed by atoms with Gasteiger partial charge < -0.3 is 15.2 Å². The summed E-state index contributed by atoms with van der Waals surface area (Å²) in [5.74, 6) is -5.79. The van der Waals surface area contributed by atoms with Gasteiger partial charge in [-0.2, -0.15) is 23.4 Å². The average molecular weight is 621 g/mol. The van der Waals surface area contributed by atoms with Crippen LogP contribution < -0.4 is 10.6 Å². The number of aryl methyl sites for hydroxylation is 1. The van der Waals surface area contributed by atoms with Crippen LogP contribution in [-0.4, -0.2) is 55.9 Å². The highest BCUT2D eigenvalue weighted by molar-refractivity contribution is 5.90. The normalized spacial score (nSPS) is 15.2. The third kappa shape index (κ3) is 7.58. The first-order chi connectivity index (χ1) is 20.7. The lowest BCUT2D eigenvalue weighted by atomic mass is 10.00. The van der Waals surface area contributed by atoms with Gasteiger partial charge in [0.1, 0.15) is 11.5 Å². The summed E-state index contributed by atoms with van der Waals surface area (Å²) in [5.41, 5.74) is 5.12. The average Bonchev–Trinajstić information content (AvgIpc) is 3.23. The van der Waals surface area contributed by atoms with Gasteiger partial charge in [0.05, 0.1) is 24.4 Å². The van der Waals surface area contributed by atoms with E-state index in [0.717, 1.165) is 22.4 Å². The number of carboxylic acids is 1. The van der Waals surface area contributed by atoms with Gasteiger partial charge in [-0.25, -0.2) is 23.1 Å². The van der Waals surface area contributed by atoms with Gasteiger partial charge in [0, 0.05) is 44.4 Å². The van der Waals surface area contributed by atoms with Crippen molar-refractivity contribution < 1.29 is 41.4 Å². The molecule has 1 atom stereocenters. The zero-order chi connectivity index (χ0) is 32.2. The molecule has 0 bridgehead atoms. The number of benzene rings is 2. The zero-order valence-electron chi connectivity index (χ0n) is 23.8. The molecule has 1 unspecified atom stereocenters. The summed E-state index contributed by atoms with van der Waals surface area (Å²) < 4.78 is 68.0. The fourth-order valence-electron chi connectivity index (χ4n) is 4.50. The number of nitrogens with one attached hydrogen (secondary N) is 2. The lowest BCUT2D eigenvalue weighted by molar-refractivity contribution is -0.192. The van der Waals surface area contributed by atoms with Crippen LogP contribution in [0.4, 0.5) is 32.6 Å². The van der Waals surface area contributed by atoms with Crippen molar-refractivity contribution in [3.63, 3.8) is 0 Å². The van der Waals surface area contributed by atoms with E-state index in [2.05, 4.69) is 15.7 Å². The minimum absolute atomic E-state index is 0.0965. The highest BCUT2D eigenvalue weighted by atomic mass is 19.4. The molecule has 1 saturated carbocycles. The van der Waals surface area contributed by atoms with Crippen LogP contribution in [0.5, 0.6) is 0 Å². The number of amides is 2. The number of hydrogen-bond donors (Lipinski definition) is 3. The lowest BCUT2D eigenvalue weighted by Gasteiger charge is -2.14. The number of aromatic nitrogens is 4. The monoisotopic (exact) mass is 620 g/mol.